The molecule has 0 aromatic rings. The summed E-state index contributed by atoms with van der Waals surface area (Å²) in [4.78, 5) is 35.2. The summed E-state index contributed by atoms with van der Waals surface area (Å²) >= 11 is 0. The van der Waals surface area contributed by atoms with E-state index in [1.807, 2.05) is 33.3 Å². The maximum absolute atomic E-state index is 12.6. The fourth-order valence-corrected chi connectivity index (χ4v) is 6.06. The van der Waals surface area contributed by atoms with Crippen LogP contribution in [0.15, 0.2) is 36.5 Å². The third-order valence-corrected chi connectivity index (χ3v) is 9.52. The average Bonchev–Trinajstić information content (AvgIpc) is 3.08. The van der Waals surface area contributed by atoms with E-state index in [1.165, 1.54) is 57.8 Å². The van der Waals surface area contributed by atoms with Gasteiger partial charge in [0.1, 0.15) is 19.8 Å². The lowest BCUT2D eigenvalue weighted by atomic mass is 10.0. The van der Waals surface area contributed by atoms with E-state index in [1.54, 1.807) is 6.08 Å². The number of unbranched alkanes of at least 4 members (excludes halogenated alkanes) is 15. The number of allylic oxidation sites excluding steroid dienone is 5. The Morgan fingerprint density at radius 3 is 1.83 bits per heavy atom. The van der Waals surface area contributed by atoms with Gasteiger partial charge in [0, 0.05) is 12.8 Å². The Kier molecular flexibility index (Phi) is 32.6. The Balaban J connectivity index is 4.50. The van der Waals surface area contributed by atoms with Gasteiger partial charge in [-0.3, -0.25) is 18.6 Å². The van der Waals surface area contributed by atoms with Crippen LogP contribution in [0.25, 0.3) is 0 Å². The number of phosphoric ester groups is 1. The fourth-order valence-electron chi connectivity index (χ4n) is 5.31. The first-order chi connectivity index (χ1) is 24.9. The summed E-state index contributed by atoms with van der Waals surface area (Å²) in [6, 6.07) is 0. The number of carbonyl (C=O) groups excluding carboxylic acids is 2. The molecule has 0 saturated carbocycles. The van der Waals surface area contributed by atoms with Crippen LogP contribution in [0.4, 0.5) is 0 Å². The van der Waals surface area contributed by atoms with Crippen LogP contribution in [0.2, 0.25) is 0 Å². The summed E-state index contributed by atoms with van der Waals surface area (Å²) in [6.07, 6.45) is 32.1. The summed E-state index contributed by atoms with van der Waals surface area (Å²) in [5.74, 6) is -0.875. The van der Waals surface area contributed by atoms with E-state index in [0.717, 1.165) is 57.8 Å². The highest BCUT2D eigenvalue weighted by atomic mass is 31.2. The number of rotatable bonds is 36. The van der Waals surface area contributed by atoms with Crippen LogP contribution in [0.1, 0.15) is 155 Å². The monoisotopic (exact) mass is 759 g/mol. The molecule has 0 rings (SSSR count). The molecule has 0 spiro atoms. The van der Waals surface area contributed by atoms with E-state index in [0.29, 0.717) is 23.9 Å². The second-order valence-corrected chi connectivity index (χ2v) is 16.3. The fraction of sp³-hybridized carbons (Fsp3) is 0.805. The van der Waals surface area contributed by atoms with Crippen LogP contribution in [0, 0.1) is 0 Å². The molecular weight excluding hydrogens is 681 g/mol. The summed E-state index contributed by atoms with van der Waals surface area (Å²) in [5.41, 5.74) is 0. The van der Waals surface area contributed by atoms with Gasteiger partial charge >= 0.3 is 19.8 Å². The molecule has 0 amide bonds. The maximum Gasteiger partial charge on any atom is 0.472 e. The van der Waals surface area contributed by atoms with Gasteiger partial charge in [-0.2, -0.15) is 0 Å². The van der Waals surface area contributed by atoms with Gasteiger partial charge in [0.15, 0.2) is 6.10 Å². The predicted octanol–water partition coefficient (Wildman–Crippen LogP) is 9.93. The third kappa shape index (κ3) is 36.5. The molecule has 10 nitrogen and oxygen atoms in total. The quantitative estimate of drug-likeness (QED) is 0.0160. The molecule has 0 aliphatic carbocycles. The third-order valence-electron chi connectivity index (χ3n) is 8.54. The van der Waals surface area contributed by atoms with Gasteiger partial charge in [-0.1, -0.05) is 147 Å². The van der Waals surface area contributed by atoms with Gasteiger partial charge in [-0.15, -0.1) is 0 Å². The van der Waals surface area contributed by atoms with Crippen molar-refractivity contribution in [1.82, 2.24) is 0 Å². The second kappa shape index (κ2) is 33.7. The molecule has 52 heavy (non-hydrogen) atoms. The predicted molar refractivity (Wildman–Crippen MR) is 212 cm³/mol. The number of quaternary nitrogens is 1. The van der Waals surface area contributed by atoms with Crippen molar-refractivity contribution in [3.05, 3.63) is 36.5 Å². The van der Waals surface area contributed by atoms with E-state index >= 15 is 0 Å². The molecule has 0 radical (unpaired) electrons. The number of aliphatic hydroxyl groups excluding tert-OH is 1. The number of likely N-dealkylation sites (N-methyl/N-ethyl adjacent to an activating group) is 1. The van der Waals surface area contributed by atoms with Crippen molar-refractivity contribution in [2.24, 2.45) is 0 Å². The summed E-state index contributed by atoms with van der Waals surface area (Å²) in [5, 5.41) is 10.1. The Labute approximate surface area is 317 Å². The van der Waals surface area contributed by atoms with Crippen LogP contribution in [-0.4, -0.2) is 86.1 Å². The van der Waals surface area contributed by atoms with Crippen LogP contribution in [0.5, 0.6) is 0 Å². The zero-order valence-corrected chi connectivity index (χ0v) is 34.5. The van der Waals surface area contributed by atoms with Gasteiger partial charge in [0.05, 0.1) is 33.9 Å². The molecular formula is C41H77NO9P+. The lowest BCUT2D eigenvalue weighted by Crippen LogP contribution is -2.37. The van der Waals surface area contributed by atoms with Crippen LogP contribution in [-0.2, 0) is 32.7 Å². The van der Waals surface area contributed by atoms with Crippen molar-refractivity contribution in [2.45, 2.75) is 167 Å². The normalized spacial score (nSPS) is 14.7. The molecule has 304 valence electrons. The Morgan fingerprint density at radius 1 is 0.692 bits per heavy atom. The van der Waals surface area contributed by atoms with Crippen LogP contribution < -0.4 is 0 Å². The maximum atomic E-state index is 12.6. The van der Waals surface area contributed by atoms with Crippen molar-refractivity contribution in [3.63, 3.8) is 0 Å². The number of carbonyl (C=O) groups is 2. The Morgan fingerprint density at radius 2 is 1.25 bits per heavy atom. The molecule has 0 fully saturated rings. The Hall–Kier alpha value is -1.81. The molecule has 0 saturated heterocycles. The van der Waals surface area contributed by atoms with Crippen LogP contribution in [0.3, 0.4) is 0 Å². The minimum Gasteiger partial charge on any atom is -0.462 e. The number of hydrogen-bond acceptors (Lipinski definition) is 8. The zero-order valence-electron chi connectivity index (χ0n) is 33.7. The van der Waals surface area contributed by atoms with E-state index in [4.69, 9.17) is 18.5 Å². The lowest BCUT2D eigenvalue weighted by Gasteiger charge is -2.24. The molecule has 11 heteroatoms. The molecule has 0 heterocycles. The second-order valence-electron chi connectivity index (χ2n) is 14.8. The molecule has 0 aliphatic rings. The zero-order chi connectivity index (χ0) is 38.8. The first-order valence-corrected chi connectivity index (χ1v) is 21.8. The molecule has 0 aromatic heterocycles. The lowest BCUT2D eigenvalue weighted by molar-refractivity contribution is -0.870. The highest BCUT2D eigenvalue weighted by Crippen LogP contribution is 2.43. The highest BCUT2D eigenvalue weighted by molar-refractivity contribution is 7.47. The number of ether oxygens (including phenoxy) is 2. The smallest absolute Gasteiger partial charge is 0.462 e. The van der Waals surface area contributed by atoms with E-state index in [-0.39, 0.29) is 26.1 Å². The summed E-state index contributed by atoms with van der Waals surface area (Å²) in [7, 11) is 1.41. The summed E-state index contributed by atoms with van der Waals surface area (Å²) in [6.45, 7) is 4.16. The molecule has 0 aliphatic heterocycles. The van der Waals surface area contributed by atoms with E-state index < -0.39 is 38.6 Å². The Bertz CT molecular complexity index is 1010. The topological polar surface area (TPSA) is 129 Å². The minimum atomic E-state index is -4.39. The molecule has 0 aromatic carbocycles. The first kappa shape index (κ1) is 50.2. The number of nitrogens with zero attached hydrogens (tertiary/aromatic N) is 1. The van der Waals surface area contributed by atoms with E-state index in [2.05, 4.69) is 32.1 Å². The number of hydrogen-bond donors (Lipinski definition) is 2. The van der Waals surface area contributed by atoms with Crippen molar-refractivity contribution in [2.75, 3.05) is 47.5 Å². The standard InChI is InChI=1S/C41H76NO9P/c1-6-8-10-12-14-15-16-17-18-20-24-28-32-40(44)48-36-39(37-50-52(46,47)49-35-34-42(3,4)5)51-41(45)33-29-25-21-23-27-31-38(43)30-26-22-19-13-11-9-7-2/h9,11,19,22,26,30,38-39,43H,6-8,10,12-18,20-21,23-25,27-29,31-37H2,1-5H3/p+1/b11-9+,22-19+,30-26+/t38?,39-/m1/s1. The van der Waals surface area contributed by atoms with Gasteiger partial charge < -0.3 is 24.0 Å². The molecule has 3 atom stereocenters. The van der Waals surface area contributed by atoms with Gasteiger partial charge in [0.25, 0.3) is 0 Å². The van der Waals surface area contributed by atoms with Crippen molar-refractivity contribution in [3.8, 4) is 0 Å². The van der Waals surface area contributed by atoms with Gasteiger partial charge in [0.2, 0.25) is 0 Å². The average molecular weight is 759 g/mol. The molecule has 0 bridgehead atoms. The van der Waals surface area contributed by atoms with Crippen molar-refractivity contribution >= 4 is 19.8 Å². The van der Waals surface area contributed by atoms with Gasteiger partial charge in [-0.05, 0) is 32.1 Å². The number of phosphoric acid groups is 1. The van der Waals surface area contributed by atoms with Crippen LogP contribution >= 0.6 is 7.82 Å². The minimum absolute atomic E-state index is 0.0139. The van der Waals surface area contributed by atoms with E-state index in [9.17, 15) is 24.2 Å². The number of aliphatic hydroxyl groups is 1. The summed E-state index contributed by atoms with van der Waals surface area (Å²) < 4.78 is 34.1. The largest absolute Gasteiger partial charge is 0.472 e. The van der Waals surface area contributed by atoms with Crippen molar-refractivity contribution < 1.29 is 47.2 Å². The highest BCUT2D eigenvalue weighted by Gasteiger charge is 2.27. The molecule has 2 N–H and O–H groups in total. The first-order valence-electron chi connectivity index (χ1n) is 20.3. The molecule has 2 unspecified atom stereocenters. The SMILES string of the molecule is CC/C=C/C/C=C/C=C/C(O)CCCCCCCC(=O)O[C@H](COC(=O)CCCCCCCCCCCCCC)COP(=O)(O)OCC[N+](C)(C)C. The van der Waals surface area contributed by atoms with Gasteiger partial charge in [-0.25, -0.2) is 4.57 Å². The number of esters is 2. The van der Waals surface area contributed by atoms with Crippen molar-refractivity contribution in [1.29, 1.82) is 0 Å².